The molecule has 7 heteroatoms. The summed E-state index contributed by atoms with van der Waals surface area (Å²) in [6, 6.07) is 11.2. The molecule has 128 valence electrons. The van der Waals surface area contributed by atoms with Gasteiger partial charge in [-0.2, -0.15) is 4.90 Å². The topological polar surface area (TPSA) is 84.0 Å². The summed E-state index contributed by atoms with van der Waals surface area (Å²) in [5.74, 6) is -2.26. The minimum atomic E-state index is -1.47. The van der Waals surface area contributed by atoms with Gasteiger partial charge in [-0.1, -0.05) is 36.4 Å². The van der Waals surface area contributed by atoms with Crippen molar-refractivity contribution < 1.29 is 24.0 Å². The molecule has 1 aliphatic rings. The molecule has 0 spiro atoms. The van der Waals surface area contributed by atoms with Crippen molar-refractivity contribution in [2.24, 2.45) is 0 Å². The van der Waals surface area contributed by atoms with E-state index in [1.54, 1.807) is 24.3 Å². The SMILES string of the molecule is CC(=O)ON1C(=O)N(C(=O)c2cccc3ccccc23)C(=O)C1(C)C. The summed E-state index contributed by atoms with van der Waals surface area (Å²) in [4.78, 5) is 54.7. The van der Waals surface area contributed by atoms with Crippen LogP contribution in [0, 0.1) is 0 Å². The van der Waals surface area contributed by atoms with E-state index in [9.17, 15) is 19.2 Å². The molecule has 1 fully saturated rings. The van der Waals surface area contributed by atoms with E-state index < -0.39 is 29.4 Å². The number of nitrogens with zero attached hydrogens (tertiary/aromatic N) is 2. The number of carbonyl (C=O) groups is 4. The van der Waals surface area contributed by atoms with Crippen LogP contribution in [0.4, 0.5) is 4.79 Å². The van der Waals surface area contributed by atoms with Crippen molar-refractivity contribution in [3.05, 3.63) is 48.0 Å². The standard InChI is InChI=1S/C18H16N2O5/c1-11(21)25-20-17(24)19(16(23)18(20,2)3)15(22)14-10-6-8-12-7-4-5-9-13(12)14/h4-10H,1-3H3. The van der Waals surface area contributed by atoms with Gasteiger partial charge in [0.05, 0.1) is 0 Å². The largest absolute Gasteiger partial charge is 0.368 e. The molecule has 1 saturated heterocycles. The fourth-order valence-corrected chi connectivity index (χ4v) is 2.77. The van der Waals surface area contributed by atoms with E-state index in [-0.39, 0.29) is 5.56 Å². The second kappa shape index (κ2) is 5.70. The Morgan fingerprint density at radius 1 is 1.00 bits per heavy atom. The van der Waals surface area contributed by atoms with Crippen LogP contribution in [-0.4, -0.2) is 39.3 Å². The molecular weight excluding hydrogens is 324 g/mol. The summed E-state index contributed by atoms with van der Waals surface area (Å²) in [6.45, 7) is 3.93. The third kappa shape index (κ3) is 2.53. The highest BCUT2D eigenvalue weighted by atomic mass is 16.7. The lowest BCUT2D eigenvalue weighted by Gasteiger charge is -2.24. The van der Waals surface area contributed by atoms with Crippen LogP contribution in [0.1, 0.15) is 31.1 Å². The second-order valence-corrected chi connectivity index (χ2v) is 6.19. The van der Waals surface area contributed by atoms with Crippen molar-refractivity contribution in [1.82, 2.24) is 9.96 Å². The van der Waals surface area contributed by atoms with Crippen LogP contribution in [0.5, 0.6) is 0 Å². The molecule has 0 aromatic heterocycles. The van der Waals surface area contributed by atoms with Crippen molar-refractivity contribution in [3.8, 4) is 0 Å². The van der Waals surface area contributed by atoms with Gasteiger partial charge in [-0.3, -0.25) is 14.4 Å². The predicted molar refractivity (Wildman–Crippen MR) is 88.2 cm³/mol. The Hall–Kier alpha value is -3.22. The Morgan fingerprint density at radius 2 is 1.64 bits per heavy atom. The van der Waals surface area contributed by atoms with Crippen molar-refractivity contribution >= 4 is 34.6 Å². The zero-order chi connectivity index (χ0) is 18.4. The highest BCUT2D eigenvalue weighted by Gasteiger charge is 2.56. The van der Waals surface area contributed by atoms with Gasteiger partial charge in [-0.05, 0) is 30.7 Å². The number of imide groups is 3. The summed E-state index contributed by atoms with van der Waals surface area (Å²) in [6.07, 6.45) is 0. The van der Waals surface area contributed by atoms with Crippen LogP contribution in [0.2, 0.25) is 0 Å². The molecule has 4 amide bonds. The number of fused-ring (bicyclic) bond motifs is 1. The zero-order valence-corrected chi connectivity index (χ0v) is 14.0. The Balaban J connectivity index is 2.06. The quantitative estimate of drug-likeness (QED) is 0.619. The molecule has 1 aliphatic heterocycles. The van der Waals surface area contributed by atoms with Gasteiger partial charge in [0.25, 0.3) is 11.8 Å². The van der Waals surface area contributed by atoms with E-state index in [2.05, 4.69) is 0 Å². The van der Waals surface area contributed by atoms with Crippen molar-refractivity contribution in [3.63, 3.8) is 0 Å². The normalized spacial score (nSPS) is 16.4. The van der Waals surface area contributed by atoms with Gasteiger partial charge in [0.15, 0.2) is 5.54 Å². The minimum absolute atomic E-state index is 0.222. The summed E-state index contributed by atoms with van der Waals surface area (Å²) in [5.41, 5.74) is -1.25. The third-order valence-corrected chi connectivity index (χ3v) is 4.04. The van der Waals surface area contributed by atoms with E-state index in [0.29, 0.717) is 15.3 Å². The Bertz CT molecular complexity index is 913. The molecule has 7 nitrogen and oxygen atoms in total. The van der Waals surface area contributed by atoms with E-state index in [4.69, 9.17) is 4.84 Å². The molecule has 0 unspecified atom stereocenters. The summed E-state index contributed by atoms with van der Waals surface area (Å²) in [5, 5.41) is 2.07. The van der Waals surface area contributed by atoms with E-state index >= 15 is 0 Å². The number of hydroxylamine groups is 2. The molecule has 2 aromatic rings. The zero-order valence-electron chi connectivity index (χ0n) is 14.0. The smallest absolute Gasteiger partial charge is 0.336 e. The molecule has 25 heavy (non-hydrogen) atoms. The first-order valence-electron chi connectivity index (χ1n) is 7.64. The van der Waals surface area contributed by atoms with Crippen LogP contribution in [0.15, 0.2) is 42.5 Å². The predicted octanol–water partition coefficient (Wildman–Crippen LogP) is 2.50. The molecule has 0 N–H and O–H groups in total. The maximum absolute atomic E-state index is 12.9. The van der Waals surface area contributed by atoms with Gasteiger partial charge >= 0.3 is 12.0 Å². The van der Waals surface area contributed by atoms with Crippen LogP contribution in [0.3, 0.4) is 0 Å². The maximum Gasteiger partial charge on any atom is 0.368 e. The summed E-state index contributed by atoms with van der Waals surface area (Å²) >= 11 is 0. The molecule has 0 aliphatic carbocycles. The fourth-order valence-electron chi connectivity index (χ4n) is 2.77. The summed E-state index contributed by atoms with van der Waals surface area (Å²) in [7, 11) is 0. The van der Waals surface area contributed by atoms with E-state index in [1.807, 2.05) is 18.2 Å². The molecule has 0 saturated carbocycles. The number of hydrogen-bond acceptors (Lipinski definition) is 5. The van der Waals surface area contributed by atoms with Crippen LogP contribution in [0.25, 0.3) is 10.8 Å². The number of urea groups is 1. The number of rotatable bonds is 2. The van der Waals surface area contributed by atoms with Crippen LogP contribution in [-0.2, 0) is 14.4 Å². The molecular formula is C18H16N2O5. The third-order valence-electron chi connectivity index (χ3n) is 4.04. The molecule has 1 heterocycles. The highest BCUT2D eigenvalue weighted by Crippen LogP contribution is 2.30. The molecule has 0 bridgehead atoms. The van der Waals surface area contributed by atoms with Gasteiger partial charge in [-0.15, -0.1) is 5.06 Å². The van der Waals surface area contributed by atoms with E-state index in [1.165, 1.54) is 13.8 Å². The molecule has 0 radical (unpaired) electrons. The Morgan fingerprint density at radius 3 is 2.32 bits per heavy atom. The number of hydrogen-bond donors (Lipinski definition) is 0. The average Bonchev–Trinajstić information content (AvgIpc) is 2.73. The highest BCUT2D eigenvalue weighted by molar-refractivity contribution is 6.24. The monoisotopic (exact) mass is 340 g/mol. The number of amides is 4. The lowest BCUT2D eigenvalue weighted by atomic mass is 10.0. The first-order chi connectivity index (χ1) is 11.7. The van der Waals surface area contributed by atoms with Crippen LogP contribution < -0.4 is 0 Å². The molecule has 3 rings (SSSR count). The first-order valence-corrected chi connectivity index (χ1v) is 7.64. The van der Waals surface area contributed by atoms with Gasteiger partial charge in [0.2, 0.25) is 0 Å². The fraction of sp³-hybridized carbons (Fsp3) is 0.222. The Kier molecular flexibility index (Phi) is 3.79. The number of carbonyl (C=O) groups excluding carboxylic acids is 4. The second-order valence-electron chi connectivity index (χ2n) is 6.19. The minimum Gasteiger partial charge on any atom is -0.336 e. The van der Waals surface area contributed by atoms with Crippen molar-refractivity contribution in [2.45, 2.75) is 26.3 Å². The summed E-state index contributed by atoms with van der Waals surface area (Å²) < 4.78 is 0. The van der Waals surface area contributed by atoms with E-state index in [0.717, 1.165) is 12.3 Å². The van der Waals surface area contributed by atoms with Gasteiger partial charge < -0.3 is 4.84 Å². The van der Waals surface area contributed by atoms with Crippen molar-refractivity contribution in [1.29, 1.82) is 0 Å². The van der Waals surface area contributed by atoms with Gasteiger partial charge in [-0.25, -0.2) is 4.79 Å². The Labute approximate surface area is 143 Å². The van der Waals surface area contributed by atoms with Gasteiger partial charge in [0, 0.05) is 12.5 Å². The number of benzene rings is 2. The molecule has 2 aromatic carbocycles. The lowest BCUT2D eigenvalue weighted by molar-refractivity contribution is -0.187. The first kappa shape index (κ1) is 16.6. The average molecular weight is 340 g/mol. The maximum atomic E-state index is 12.9. The molecule has 0 atom stereocenters. The lowest BCUT2D eigenvalue weighted by Crippen LogP contribution is -2.45. The van der Waals surface area contributed by atoms with Gasteiger partial charge in [0.1, 0.15) is 0 Å². The van der Waals surface area contributed by atoms with Crippen molar-refractivity contribution in [2.75, 3.05) is 0 Å². The van der Waals surface area contributed by atoms with Crippen LogP contribution >= 0.6 is 0 Å².